The van der Waals surface area contributed by atoms with Gasteiger partial charge < -0.3 is 4.74 Å². The van der Waals surface area contributed by atoms with E-state index in [9.17, 15) is 0 Å². The molecule has 0 aliphatic rings. The molecule has 0 aromatic heterocycles. The Morgan fingerprint density at radius 1 is 0.524 bits per heavy atom. The predicted octanol–water partition coefficient (Wildman–Crippen LogP) is 7.45. The fourth-order valence-corrected chi connectivity index (χ4v) is 2.64. The van der Waals surface area contributed by atoms with Gasteiger partial charge in [-0.05, 0) is 12.8 Å². The Hall–Kier alpha value is -0.0400. The van der Waals surface area contributed by atoms with Gasteiger partial charge in [-0.3, -0.25) is 0 Å². The highest BCUT2D eigenvalue weighted by molar-refractivity contribution is 4.53. The molecule has 0 aromatic rings. The molecule has 0 N–H and O–H groups in total. The largest absolute Gasteiger partial charge is 0.376 e. The van der Waals surface area contributed by atoms with Crippen molar-refractivity contribution in [3.63, 3.8) is 0 Å². The lowest BCUT2D eigenvalue weighted by molar-refractivity contribution is 0.185. The van der Waals surface area contributed by atoms with E-state index in [-0.39, 0.29) is 0 Å². The molecule has 0 aliphatic carbocycles. The third-order valence-corrected chi connectivity index (χ3v) is 4.16. The second-order valence-corrected chi connectivity index (χ2v) is 6.42. The van der Waals surface area contributed by atoms with E-state index in [1.54, 1.807) is 0 Å². The Balaban J connectivity index is 2.90. The average molecular weight is 298 g/mol. The van der Waals surface area contributed by atoms with Crippen molar-refractivity contribution in [2.75, 3.05) is 6.61 Å². The quantitative estimate of drug-likeness (QED) is 0.239. The van der Waals surface area contributed by atoms with Crippen LogP contribution in [0.1, 0.15) is 117 Å². The summed E-state index contributed by atoms with van der Waals surface area (Å²) < 4.78 is 5.46. The molecule has 0 aromatic carbocycles. The lowest BCUT2D eigenvalue weighted by Gasteiger charge is -2.04. The molecule has 0 heterocycles. The summed E-state index contributed by atoms with van der Waals surface area (Å²) in [5.41, 5.74) is 0. The van der Waals surface area contributed by atoms with Crippen molar-refractivity contribution in [1.82, 2.24) is 0 Å². The van der Waals surface area contributed by atoms with E-state index >= 15 is 0 Å². The van der Waals surface area contributed by atoms with Crippen LogP contribution < -0.4 is 0 Å². The first-order valence-electron chi connectivity index (χ1n) is 9.85. The van der Waals surface area contributed by atoms with Crippen LogP contribution in [-0.4, -0.2) is 6.61 Å². The van der Waals surface area contributed by atoms with Gasteiger partial charge in [0.25, 0.3) is 0 Å². The fourth-order valence-electron chi connectivity index (χ4n) is 2.64. The van der Waals surface area contributed by atoms with Crippen LogP contribution in [0.15, 0.2) is 0 Å². The van der Waals surface area contributed by atoms with Crippen molar-refractivity contribution < 1.29 is 4.74 Å². The number of ether oxygens (including phenoxy) is 1. The van der Waals surface area contributed by atoms with Gasteiger partial charge >= 0.3 is 0 Å². The van der Waals surface area contributed by atoms with Gasteiger partial charge in [-0.15, -0.1) is 0 Å². The second kappa shape index (κ2) is 20.0. The van der Waals surface area contributed by atoms with Crippen molar-refractivity contribution in [2.45, 2.75) is 117 Å². The molecule has 0 aliphatic heterocycles. The molecule has 21 heavy (non-hydrogen) atoms. The maximum Gasteiger partial charge on any atom is 0.0836 e. The van der Waals surface area contributed by atoms with Crippen molar-refractivity contribution in [2.24, 2.45) is 0 Å². The maximum atomic E-state index is 5.46. The van der Waals surface area contributed by atoms with E-state index < -0.39 is 0 Å². The molecular formula is C20H41O. The van der Waals surface area contributed by atoms with E-state index in [4.69, 9.17) is 4.74 Å². The highest BCUT2D eigenvalue weighted by atomic mass is 16.5. The van der Waals surface area contributed by atoms with Crippen LogP contribution in [0.3, 0.4) is 0 Å². The van der Waals surface area contributed by atoms with Gasteiger partial charge in [0.1, 0.15) is 0 Å². The lowest BCUT2D eigenvalue weighted by atomic mass is 10.0. The molecular weight excluding hydrogens is 256 g/mol. The smallest absolute Gasteiger partial charge is 0.0836 e. The summed E-state index contributed by atoms with van der Waals surface area (Å²) in [7, 11) is 0. The van der Waals surface area contributed by atoms with Crippen molar-refractivity contribution in [3.8, 4) is 0 Å². The SMILES string of the molecule is CCCCCCCCCCCCCCC[CH]OCCCC. The van der Waals surface area contributed by atoms with E-state index in [0.717, 1.165) is 13.0 Å². The van der Waals surface area contributed by atoms with Gasteiger partial charge in [-0.25, -0.2) is 0 Å². The van der Waals surface area contributed by atoms with Crippen molar-refractivity contribution >= 4 is 0 Å². The van der Waals surface area contributed by atoms with Crippen LogP contribution in [0.5, 0.6) is 0 Å². The van der Waals surface area contributed by atoms with Gasteiger partial charge in [0, 0.05) is 6.61 Å². The normalized spacial score (nSPS) is 11.1. The fraction of sp³-hybridized carbons (Fsp3) is 0.950. The summed E-state index contributed by atoms with van der Waals surface area (Å²) in [6, 6.07) is 0. The predicted molar refractivity (Wildman–Crippen MR) is 95.5 cm³/mol. The van der Waals surface area contributed by atoms with Crippen LogP contribution in [0.2, 0.25) is 0 Å². The molecule has 0 spiro atoms. The summed E-state index contributed by atoms with van der Waals surface area (Å²) in [5, 5.41) is 0. The zero-order valence-electron chi connectivity index (χ0n) is 15.0. The van der Waals surface area contributed by atoms with Gasteiger partial charge in [0.2, 0.25) is 0 Å². The molecule has 0 saturated heterocycles. The molecule has 0 rings (SSSR count). The third kappa shape index (κ3) is 20.0. The summed E-state index contributed by atoms with van der Waals surface area (Å²) >= 11 is 0. The minimum absolute atomic E-state index is 0.912. The summed E-state index contributed by atoms with van der Waals surface area (Å²) in [6.07, 6.45) is 22.1. The first-order chi connectivity index (χ1) is 10.4. The lowest BCUT2D eigenvalue weighted by Crippen LogP contribution is -1.91. The molecule has 0 bridgehead atoms. The molecule has 0 atom stereocenters. The Labute approximate surface area is 135 Å². The zero-order valence-corrected chi connectivity index (χ0v) is 15.0. The summed E-state index contributed by atoms with van der Waals surface area (Å²) in [4.78, 5) is 0. The topological polar surface area (TPSA) is 9.23 Å². The van der Waals surface area contributed by atoms with E-state index in [2.05, 4.69) is 13.8 Å². The Morgan fingerprint density at radius 3 is 1.43 bits per heavy atom. The monoisotopic (exact) mass is 297 g/mol. The van der Waals surface area contributed by atoms with Crippen LogP contribution in [0.25, 0.3) is 0 Å². The molecule has 1 heteroatoms. The minimum Gasteiger partial charge on any atom is -0.376 e. The average Bonchev–Trinajstić information content (AvgIpc) is 2.50. The molecule has 0 amide bonds. The molecule has 0 fully saturated rings. The molecule has 0 unspecified atom stereocenters. The van der Waals surface area contributed by atoms with Gasteiger partial charge in [-0.2, -0.15) is 0 Å². The van der Waals surface area contributed by atoms with Crippen LogP contribution in [0.4, 0.5) is 0 Å². The van der Waals surface area contributed by atoms with Crippen LogP contribution >= 0.6 is 0 Å². The molecule has 0 saturated carbocycles. The van der Waals surface area contributed by atoms with Crippen molar-refractivity contribution in [3.05, 3.63) is 6.61 Å². The zero-order chi connectivity index (χ0) is 15.4. The molecule has 1 nitrogen and oxygen atoms in total. The highest BCUT2D eigenvalue weighted by Gasteiger charge is 1.94. The highest BCUT2D eigenvalue weighted by Crippen LogP contribution is 2.13. The number of rotatable bonds is 18. The van der Waals surface area contributed by atoms with E-state index in [1.807, 2.05) is 6.61 Å². The second-order valence-electron chi connectivity index (χ2n) is 6.42. The van der Waals surface area contributed by atoms with E-state index in [0.29, 0.717) is 0 Å². The molecule has 127 valence electrons. The minimum atomic E-state index is 0.912. The van der Waals surface area contributed by atoms with Crippen LogP contribution in [0, 0.1) is 6.61 Å². The van der Waals surface area contributed by atoms with Crippen LogP contribution in [-0.2, 0) is 4.74 Å². The van der Waals surface area contributed by atoms with Gasteiger partial charge in [-0.1, -0.05) is 104 Å². The maximum absolute atomic E-state index is 5.46. The van der Waals surface area contributed by atoms with Gasteiger partial charge in [0.15, 0.2) is 0 Å². The summed E-state index contributed by atoms with van der Waals surface area (Å²) in [6.45, 7) is 7.43. The third-order valence-electron chi connectivity index (χ3n) is 4.16. The molecule has 1 radical (unpaired) electrons. The Bertz CT molecular complexity index is 149. The number of hydrogen-bond donors (Lipinski definition) is 0. The Kier molecular flexibility index (Phi) is 19.9. The van der Waals surface area contributed by atoms with Gasteiger partial charge in [0.05, 0.1) is 6.61 Å². The standard InChI is InChI=1S/C20H41O/c1-3-5-7-8-9-10-11-12-13-14-15-16-17-18-20-21-19-6-4-2/h20H,3-19H2,1-2H3. The Morgan fingerprint density at radius 2 is 0.952 bits per heavy atom. The van der Waals surface area contributed by atoms with Crippen molar-refractivity contribution in [1.29, 1.82) is 0 Å². The summed E-state index contributed by atoms with van der Waals surface area (Å²) in [5.74, 6) is 0. The van der Waals surface area contributed by atoms with E-state index in [1.165, 1.54) is 96.3 Å². The first kappa shape index (κ1) is 21.0. The first-order valence-corrected chi connectivity index (χ1v) is 9.85. The number of unbranched alkanes of at least 4 members (excludes halogenated alkanes) is 14. The number of hydrogen-bond acceptors (Lipinski definition) is 1.